The van der Waals surface area contributed by atoms with Gasteiger partial charge in [-0.1, -0.05) is 13.8 Å². The molecule has 0 spiro atoms. The molecule has 0 atom stereocenters. The zero-order valence-corrected chi connectivity index (χ0v) is 11.3. The van der Waals surface area contributed by atoms with Gasteiger partial charge in [-0.05, 0) is 30.2 Å². The molecule has 1 heterocycles. The number of rotatable bonds is 6. The number of furan rings is 1. The standard InChI is InChI=1S/C14H21NO3/c1-10(2)14(4-5-14)9-15-7-12-6-11(8-18-12)13(16)17-3/h6,8,10,15H,4-5,7,9H2,1-3H3. The van der Waals surface area contributed by atoms with Crippen LogP contribution in [0.5, 0.6) is 0 Å². The Morgan fingerprint density at radius 3 is 2.83 bits per heavy atom. The van der Waals surface area contributed by atoms with Crippen LogP contribution >= 0.6 is 0 Å². The fourth-order valence-electron chi connectivity index (χ4n) is 2.25. The molecule has 1 aromatic rings. The van der Waals surface area contributed by atoms with Gasteiger partial charge in [-0.3, -0.25) is 0 Å². The first-order valence-electron chi connectivity index (χ1n) is 6.44. The predicted molar refractivity (Wildman–Crippen MR) is 68.3 cm³/mol. The van der Waals surface area contributed by atoms with Gasteiger partial charge in [-0.15, -0.1) is 0 Å². The van der Waals surface area contributed by atoms with Crippen molar-refractivity contribution in [3.05, 3.63) is 23.7 Å². The minimum atomic E-state index is -0.356. The van der Waals surface area contributed by atoms with Crippen LogP contribution in [0, 0.1) is 11.3 Å². The van der Waals surface area contributed by atoms with Crippen LogP contribution in [0.3, 0.4) is 0 Å². The maximum absolute atomic E-state index is 11.3. The SMILES string of the molecule is COC(=O)c1coc(CNCC2(C(C)C)CC2)c1. The molecular weight excluding hydrogens is 230 g/mol. The first-order valence-corrected chi connectivity index (χ1v) is 6.44. The molecule has 2 rings (SSSR count). The fourth-order valence-corrected chi connectivity index (χ4v) is 2.25. The molecule has 100 valence electrons. The lowest BCUT2D eigenvalue weighted by Crippen LogP contribution is -2.27. The highest BCUT2D eigenvalue weighted by Gasteiger charge is 2.44. The van der Waals surface area contributed by atoms with E-state index in [0.29, 0.717) is 23.4 Å². The van der Waals surface area contributed by atoms with Gasteiger partial charge >= 0.3 is 5.97 Å². The molecule has 4 heteroatoms. The Bertz CT molecular complexity index is 418. The van der Waals surface area contributed by atoms with E-state index in [0.717, 1.165) is 12.3 Å². The summed E-state index contributed by atoms with van der Waals surface area (Å²) in [5.74, 6) is 1.13. The molecule has 18 heavy (non-hydrogen) atoms. The number of ether oxygens (including phenoxy) is 1. The molecule has 1 fully saturated rings. The van der Waals surface area contributed by atoms with Gasteiger partial charge < -0.3 is 14.5 Å². The molecule has 4 nitrogen and oxygen atoms in total. The molecule has 0 saturated heterocycles. The van der Waals surface area contributed by atoms with Crippen molar-refractivity contribution < 1.29 is 13.9 Å². The lowest BCUT2D eigenvalue weighted by atomic mass is 9.92. The van der Waals surface area contributed by atoms with Crippen molar-refractivity contribution in [1.82, 2.24) is 5.32 Å². The molecule has 1 saturated carbocycles. The number of methoxy groups -OCH3 is 1. The van der Waals surface area contributed by atoms with Crippen LogP contribution in [0.25, 0.3) is 0 Å². The van der Waals surface area contributed by atoms with Gasteiger partial charge in [0, 0.05) is 6.54 Å². The van der Waals surface area contributed by atoms with E-state index in [9.17, 15) is 4.79 Å². The van der Waals surface area contributed by atoms with Crippen molar-refractivity contribution in [2.75, 3.05) is 13.7 Å². The number of carbonyl (C=O) groups is 1. The Hall–Kier alpha value is -1.29. The largest absolute Gasteiger partial charge is 0.467 e. The van der Waals surface area contributed by atoms with Gasteiger partial charge in [0.2, 0.25) is 0 Å². The third-order valence-electron chi connectivity index (χ3n) is 3.97. The summed E-state index contributed by atoms with van der Waals surface area (Å²) in [6.07, 6.45) is 4.06. The van der Waals surface area contributed by atoms with Crippen LogP contribution < -0.4 is 5.32 Å². The number of carbonyl (C=O) groups excluding carboxylic acids is 1. The number of nitrogens with one attached hydrogen (secondary N) is 1. The maximum Gasteiger partial charge on any atom is 0.341 e. The summed E-state index contributed by atoms with van der Waals surface area (Å²) in [6.45, 7) is 6.22. The second-order valence-electron chi connectivity index (χ2n) is 5.41. The monoisotopic (exact) mass is 251 g/mol. The van der Waals surface area contributed by atoms with Gasteiger partial charge in [0.25, 0.3) is 0 Å². The molecule has 1 N–H and O–H groups in total. The summed E-state index contributed by atoms with van der Waals surface area (Å²) in [4.78, 5) is 11.3. The minimum absolute atomic E-state index is 0.356. The van der Waals surface area contributed by atoms with Gasteiger partial charge in [0.15, 0.2) is 0 Å². The van der Waals surface area contributed by atoms with E-state index in [1.165, 1.54) is 26.2 Å². The third kappa shape index (κ3) is 2.75. The highest BCUT2D eigenvalue weighted by atomic mass is 16.5. The number of hydrogen-bond donors (Lipinski definition) is 1. The van der Waals surface area contributed by atoms with E-state index < -0.39 is 0 Å². The number of hydrogen-bond acceptors (Lipinski definition) is 4. The van der Waals surface area contributed by atoms with Crippen molar-refractivity contribution in [1.29, 1.82) is 0 Å². The average Bonchev–Trinajstić information content (AvgIpc) is 3.00. The average molecular weight is 251 g/mol. The summed E-state index contributed by atoms with van der Waals surface area (Å²) in [5.41, 5.74) is 0.955. The molecule has 0 amide bonds. The third-order valence-corrected chi connectivity index (χ3v) is 3.97. The highest BCUT2D eigenvalue weighted by molar-refractivity contribution is 5.88. The molecule has 0 unspecified atom stereocenters. The highest BCUT2D eigenvalue weighted by Crippen LogP contribution is 2.51. The van der Waals surface area contributed by atoms with E-state index in [1.807, 2.05) is 0 Å². The quantitative estimate of drug-likeness (QED) is 0.790. The van der Waals surface area contributed by atoms with Crippen LogP contribution in [-0.2, 0) is 11.3 Å². The number of esters is 1. The van der Waals surface area contributed by atoms with E-state index in [2.05, 4.69) is 23.9 Å². The van der Waals surface area contributed by atoms with E-state index in [-0.39, 0.29) is 5.97 Å². The summed E-state index contributed by atoms with van der Waals surface area (Å²) in [6, 6.07) is 1.73. The van der Waals surface area contributed by atoms with Crippen molar-refractivity contribution in [3.8, 4) is 0 Å². The van der Waals surface area contributed by atoms with E-state index in [1.54, 1.807) is 6.07 Å². The van der Waals surface area contributed by atoms with E-state index in [4.69, 9.17) is 4.42 Å². The molecule has 1 aromatic heterocycles. The zero-order chi connectivity index (χ0) is 13.2. The van der Waals surface area contributed by atoms with Crippen LogP contribution in [0.4, 0.5) is 0 Å². The molecule has 0 bridgehead atoms. The molecule has 0 aromatic carbocycles. The summed E-state index contributed by atoms with van der Waals surface area (Å²) >= 11 is 0. The topological polar surface area (TPSA) is 51.5 Å². The minimum Gasteiger partial charge on any atom is -0.467 e. The Morgan fingerprint density at radius 1 is 1.56 bits per heavy atom. The normalized spacial score (nSPS) is 16.9. The van der Waals surface area contributed by atoms with Crippen LogP contribution in [0.2, 0.25) is 0 Å². The smallest absolute Gasteiger partial charge is 0.341 e. The van der Waals surface area contributed by atoms with Crippen LogP contribution in [0.1, 0.15) is 42.8 Å². The molecular formula is C14H21NO3. The van der Waals surface area contributed by atoms with Crippen molar-refractivity contribution in [2.45, 2.75) is 33.2 Å². The van der Waals surface area contributed by atoms with Gasteiger partial charge in [0.1, 0.15) is 12.0 Å². The Morgan fingerprint density at radius 2 is 2.28 bits per heavy atom. The second-order valence-corrected chi connectivity index (χ2v) is 5.41. The lowest BCUT2D eigenvalue weighted by Gasteiger charge is -2.19. The molecule has 0 radical (unpaired) electrons. The van der Waals surface area contributed by atoms with Gasteiger partial charge in [0.05, 0.1) is 19.2 Å². The summed E-state index contributed by atoms with van der Waals surface area (Å²) in [7, 11) is 1.37. The van der Waals surface area contributed by atoms with Crippen molar-refractivity contribution in [2.24, 2.45) is 11.3 Å². The molecule has 1 aliphatic carbocycles. The zero-order valence-electron chi connectivity index (χ0n) is 11.3. The van der Waals surface area contributed by atoms with Crippen molar-refractivity contribution in [3.63, 3.8) is 0 Å². The summed E-state index contributed by atoms with van der Waals surface area (Å²) in [5, 5.41) is 3.41. The Labute approximate surface area is 108 Å². The van der Waals surface area contributed by atoms with Crippen LogP contribution in [-0.4, -0.2) is 19.6 Å². The Balaban J connectivity index is 1.80. The maximum atomic E-state index is 11.3. The molecule has 0 aliphatic heterocycles. The van der Waals surface area contributed by atoms with Gasteiger partial charge in [-0.25, -0.2) is 4.79 Å². The first-order chi connectivity index (χ1) is 8.57. The lowest BCUT2D eigenvalue weighted by molar-refractivity contribution is 0.0600. The van der Waals surface area contributed by atoms with Gasteiger partial charge in [-0.2, -0.15) is 0 Å². The van der Waals surface area contributed by atoms with Crippen LogP contribution in [0.15, 0.2) is 16.7 Å². The van der Waals surface area contributed by atoms with E-state index >= 15 is 0 Å². The van der Waals surface area contributed by atoms with Crippen molar-refractivity contribution >= 4 is 5.97 Å². The Kier molecular flexibility index (Phi) is 3.76. The first kappa shape index (κ1) is 13.1. The molecule has 1 aliphatic rings. The predicted octanol–water partition coefficient (Wildman–Crippen LogP) is 2.59. The second kappa shape index (κ2) is 5.14. The summed E-state index contributed by atoms with van der Waals surface area (Å²) < 4.78 is 9.95. The fraction of sp³-hybridized carbons (Fsp3) is 0.643.